The van der Waals surface area contributed by atoms with Gasteiger partial charge in [-0.05, 0) is 25.8 Å². The third-order valence-electron chi connectivity index (χ3n) is 3.49. The predicted molar refractivity (Wildman–Crippen MR) is 76.3 cm³/mol. The van der Waals surface area contributed by atoms with Crippen molar-refractivity contribution in [2.75, 3.05) is 20.3 Å². The quantitative estimate of drug-likeness (QED) is 0.810. The lowest BCUT2D eigenvalue weighted by Crippen LogP contribution is -2.41. The summed E-state index contributed by atoms with van der Waals surface area (Å²) in [7, 11) is 1.55. The Morgan fingerprint density at radius 3 is 3.10 bits per heavy atom. The van der Waals surface area contributed by atoms with E-state index in [0.717, 1.165) is 19.4 Å². The summed E-state index contributed by atoms with van der Waals surface area (Å²) in [6, 6.07) is 2.69. The Bertz CT molecular complexity index is 537. The van der Waals surface area contributed by atoms with Crippen molar-refractivity contribution in [2.45, 2.75) is 38.5 Å². The summed E-state index contributed by atoms with van der Waals surface area (Å²) in [5.74, 6) is -0.302. The first-order chi connectivity index (χ1) is 10.1. The number of carbonyl (C=O) groups is 1. The molecule has 0 unspecified atom stereocenters. The molecule has 2 rings (SSSR count). The molecule has 1 N–H and O–H groups in total. The van der Waals surface area contributed by atoms with E-state index in [-0.39, 0.29) is 29.3 Å². The highest BCUT2D eigenvalue weighted by atomic mass is 16.5. The Kier molecular flexibility index (Phi) is 5.46. The fourth-order valence-electron chi connectivity index (χ4n) is 2.28. The number of nitrogens with zero attached hydrogens (tertiary/aromatic N) is 2. The number of amides is 1. The van der Waals surface area contributed by atoms with Crippen molar-refractivity contribution >= 4 is 5.91 Å². The first-order valence-corrected chi connectivity index (χ1v) is 7.11. The Hall–Kier alpha value is -1.73. The van der Waals surface area contributed by atoms with Gasteiger partial charge in [0.1, 0.15) is 5.69 Å². The summed E-state index contributed by atoms with van der Waals surface area (Å²) in [4.78, 5) is 23.8. The van der Waals surface area contributed by atoms with Gasteiger partial charge in [0.05, 0.1) is 25.3 Å². The van der Waals surface area contributed by atoms with E-state index in [9.17, 15) is 9.59 Å². The van der Waals surface area contributed by atoms with Gasteiger partial charge in [-0.15, -0.1) is 0 Å². The van der Waals surface area contributed by atoms with E-state index in [2.05, 4.69) is 10.4 Å². The van der Waals surface area contributed by atoms with Crippen LogP contribution in [-0.4, -0.2) is 48.2 Å². The first kappa shape index (κ1) is 15.7. The number of carbonyl (C=O) groups excluding carboxylic acids is 1. The molecule has 1 amide bonds. The molecule has 0 radical (unpaired) electrons. The van der Waals surface area contributed by atoms with Crippen molar-refractivity contribution in [1.82, 2.24) is 15.1 Å². The van der Waals surface area contributed by atoms with Crippen LogP contribution in [0.15, 0.2) is 16.9 Å². The smallest absolute Gasteiger partial charge is 0.272 e. The highest BCUT2D eigenvalue weighted by molar-refractivity contribution is 5.92. The molecule has 21 heavy (non-hydrogen) atoms. The molecule has 7 heteroatoms. The van der Waals surface area contributed by atoms with Crippen LogP contribution in [0, 0.1) is 0 Å². The molecule has 2 atom stereocenters. The molecular formula is C14H21N3O4. The van der Waals surface area contributed by atoms with E-state index >= 15 is 0 Å². The van der Waals surface area contributed by atoms with E-state index < -0.39 is 0 Å². The van der Waals surface area contributed by atoms with Gasteiger partial charge in [0.15, 0.2) is 0 Å². The fraction of sp³-hybridized carbons (Fsp3) is 0.643. The zero-order chi connectivity index (χ0) is 15.2. The summed E-state index contributed by atoms with van der Waals surface area (Å²) in [6.45, 7) is 3.34. The molecule has 0 bridgehead atoms. The van der Waals surface area contributed by atoms with Crippen molar-refractivity contribution in [1.29, 1.82) is 0 Å². The van der Waals surface area contributed by atoms with Gasteiger partial charge in [0, 0.05) is 19.8 Å². The van der Waals surface area contributed by atoms with E-state index in [0.29, 0.717) is 13.2 Å². The van der Waals surface area contributed by atoms with Crippen LogP contribution in [-0.2, 0) is 16.0 Å². The molecular weight excluding hydrogens is 274 g/mol. The molecule has 1 aliphatic rings. The summed E-state index contributed by atoms with van der Waals surface area (Å²) < 4.78 is 11.7. The lowest BCUT2D eigenvalue weighted by molar-refractivity contribution is 0.0707. The van der Waals surface area contributed by atoms with Gasteiger partial charge < -0.3 is 14.8 Å². The SMILES string of the molecule is COCCn1nc(C(=O)N[C@@H](C)[C@@H]2CCCO2)ccc1=O. The molecule has 0 aromatic carbocycles. The van der Waals surface area contributed by atoms with Crippen molar-refractivity contribution in [2.24, 2.45) is 0 Å². The maximum atomic E-state index is 12.2. The third-order valence-corrected chi connectivity index (χ3v) is 3.49. The van der Waals surface area contributed by atoms with Gasteiger partial charge in [0.25, 0.3) is 11.5 Å². The van der Waals surface area contributed by atoms with E-state index in [4.69, 9.17) is 9.47 Å². The largest absolute Gasteiger partial charge is 0.383 e. The number of nitrogens with one attached hydrogen (secondary N) is 1. The highest BCUT2D eigenvalue weighted by Crippen LogP contribution is 2.15. The van der Waals surface area contributed by atoms with Crippen LogP contribution in [0.4, 0.5) is 0 Å². The Balaban J connectivity index is 2.02. The van der Waals surface area contributed by atoms with E-state index in [1.807, 2.05) is 6.92 Å². The van der Waals surface area contributed by atoms with Gasteiger partial charge in [0.2, 0.25) is 0 Å². The molecule has 2 heterocycles. The predicted octanol–water partition coefficient (Wildman–Crippen LogP) is 0.187. The summed E-state index contributed by atoms with van der Waals surface area (Å²) >= 11 is 0. The lowest BCUT2D eigenvalue weighted by Gasteiger charge is -2.19. The van der Waals surface area contributed by atoms with Crippen LogP contribution in [0.1, 0.15) is 30.3 Å². The maximum absolute atomic E-state index is 12.2. The van der Waals surface area contributed by atoms with Crippen molar-refractivity contribution in [3.63, 3.8) is 0 Å². The molecule has 0 saturated carbocycles. The summed E-state index contributed by atoms with van der Waals surface area (Å²) in [6.07, 6.45) is 2.01. The van der Waals surface area contributed by atoms with E-state index in [1.54, 1.807) is 7.11 Å². The van der Waals surface area contributed by atoms with Crippen molar-refractivity contribution in [3.8, 4) is 0 Å². The molecule has 0 spiro atoms. The standard InChI is InChI=1S/C14H21N3O4/c1-10(12-4-3-8-21-12)15-14(19)11-5-6-13(18)17(16-11)7-9-20-2/h5-6,10,12H,3-4,7-9H2,1-2H3,(H,15,19)/t10-,12-/m0/s1. The first-order valence-electron chi connectivity index (χ1n) is 7.11. The fourth-order valence-corrected chi connectivity index (χ4v) is 2.28. The van der Waals surface area contributed by atoms with E-state index in [1.165, 1.54) is 16.8 Å². The van der Waals surface area contributed by atoms with Gasteiger partial charge in [-0.25, -0.2) is 4.68 Å². The minimum atomic E-state index is -0.302. The average molecular weight is 295 g/mol. The van der Waals surface area contributed by atoms with Crippen LogP contribution in [0.25, 0.3) is 0 Å². The number of ether oxygens (including phenoxy) is 2. The second-order valence-corrected chi connectivity index (χ2v) is 5.09. The zero-order valence-electron chi connectivity index (χ0n) is 12.4. The van der Waals surface area contributed by atoms with Crippen LogP contribution in [0.3, 0.4) is 0 Å². The summed E-state index contributed by atoms with van der Waals surface area (Å²) in [5, 5.41) is 6.93. The normalized spacial score (nSPS) is 19.4. The van der Waals surface area contributed by atoms with Crippen LogP contribution >= 0.6 is 0 Å². The minimum absolute atomic E-state index is 0.0494. The van der Waals surface area contributed by atoms with Gasteiger partial charge in [-0.1, -0.05) is 0 Å². The number of rotatable bonds is 6. The maximum Gasteiger partial charge on any atom is 0.272 e. The molecule has 1 saturated heterocycles. The number of hydrogen-bond donors (Lipinski definition) is 1. The Labute approximate surface area is 123 Å². The lowest BCUT2D eigenvalue weighted by atomic mass is 10.1. The molecule has 116 valence electrons. The second-order valence-electron chi connectivity index (χ2n) is 5.09. The Morgan fingerprint density at radius 1 is 1.62 bits per heavy atom. The van der Waals surface area contributed by atoms with Crippen LogP contribution in [0.5, 0.6) is 0 Å². The molecule has 0 aliphatic carbocycles. The van der Waals surface area contributed by atoms with Crippen LogP contribution in [0.2, 0.25) is 0 Å². The second kappa shape index (κ2) is 7.33. The van der Waals surface area contributed by atoms with Crippen molar-refractivity contribution in [3.05, 3.63) is 28.2 Å². The molecule has 1 aliphatic heterocycles. The number of aromatic nitrogens is 2. The van der Waals surface area contributed by atoms with Gasteiger partial charge >= 0.3 is 0 Å². The van der Waals surface area contributed by atoms with Crippen LogP contribution < -0.4 is 10.9 Å². The minimum Gasteiger partial charge on any atom is -0.383 e. The summed E-state index contributed by atoms with van der Waals surface area (Å²) in [5.41, 5.74) is -0.0358. The zero-order valence-corrected chi connectivity index (χ0v) is 12.4. The third kappa shape index (κ3) is 4.12. The van der Waals surface area contributed by atoms with Crippen molar-refractivity contribution < 1.29 is 14.3 Å². The molecule has 1 fully saturated rings. The molecule has 7 nitrogen and oxygen atoms in total. The average Bonchev–Trinajstić information content (AvgIpc) is 3.00. The molecule has 1 aromatic heterocycles. The molecule has 1 aromatic rings. The number of methoxy groups -OCH3 is 1. The van der Waals surface area contributed by atoms with Gasteiger partial charge in [-0.2, -0.15) is 5.10 Å². The van der Waals surface area contributed by atoms with Gasteiger partial charge in [-0.3, -0.25) is 9.59 Å². The number of hydrogen-bond acceptors (Lipinski definition) is 5. The Morgan fingerprint density at radius 2 is 2.43 bits per heavy atom. The highest BCUT2D eigenvalue weighted by Gasteiger charge is 2.24. The monoisotopic (exact) mass is 295 g/mol. The topological polar surface area (TPSA) is 82.5 Å².